The number of carbonyl (C=O) groups excluding carboxylic acids is 1. The molecule has 0 bridgehead atoms. The smallest absolute Gasteiger partial charge is 0.314 e. The molecule has 0 N–H and O–H groups in total. The molecule has 2 saturated heterocycles. The molecule has 1 amide bonds. The molecule has 0 spiro atoms. The Morgan fingerprint density at radius 2 is 2.00 bits per heavy atom. The van der Waals surface area contributed by atoms with Crippen LogP contribution in [0.2, 0.25) is 0 Å². The monoisotopic (exact) mass is 518 g/mol. The summed E-state index contributed by atoms with van der Waals surface area (Å²) in [4.78, 5) is 23.1. The lowest BCUT2D eigenvalue weighted by Crippen LogP contribution is -2.73. The van der Waals surface area contributed by atoms with Crippen LogP contribution in [0.3, 0.4) is 0 Å². The molecule has 2 aliphatic heterocycles. The zero-order valence-electron chi connectivity index (χ0n) is 20.2. The summed E-state index contributed by atoms with van der Waals surface area (Å²) in [6.07, 6.45) is -0.502. The van der Waals surface area contributed by atoms with Gasteiger partial charge >= 0.3 is 6.43 Å². The minimum absolute atomic E-state index is 0.0156. The van der Waals surface area contributed by atoms with Gasteiger partial charge in [0.1, 0.15) is 5.82 Å². The van der Waals surface area contributed by atoms with Crippen LogP contribution >= 0.6 is 0 Å². The van der Waals surface area contributed by atoms with E-state index in [2.05, 4.69) is 27.0 Å². The molecule has 0 unspecified atom stereocenters. The average molecular weight is 519 g/mol. The van der Waals surface area contributed by atoms with E-state index in [9.17, 15) is 18.0 Å². The third-order valence-corrected chi connectivity index (χ3v) is 6.67. The largest absolute Gasteiger partial charge is 0.415 e. The highest BCUT2D eigenvalue weighted by atomic mass is 19.3. The number of likely N-dealkylation sites (tertiary alicyclic amines) is 2. The topological polar surface area (TPSA) is 78.6 Å². The molecule has 4 heterocycles. The molecular formula is C25H26F4N6O2. The molecule has 2 aliphatic rings. The number of alkyl halides is 3. The Morgan fingerprint density at radius 1 is 1.22 bits per heavy atom. The summed E-state index contributed by atoms with van der Waals surface area (Å²) >= 11 is 0. The molecule has 0 atom stereocenters. The van der Waals surface area contributed by atoms with Gasteiger partial charge in [-0.25, -0.2) is 8.78 Å². The van der Waals surface area contributed by atoms with Crippen molar-refractivity contribution in [3.63, 3.8) is 0 Å². The fourth-order valence-electron chi connectivity index (χ4n) is 4.68. The summed E-state index contributed by atoms with van der Waals surface area (Å²) in [6.45, 7) is 4.69. The van der Waals surface area contributed by atoms with Crippen LogP contribution in [-0.4, -0.2) is 75.3 Å². The van der Waals surface area contributed by atoms with E-state index in [-0.39, 0.29) is 37.3 Å². The average Bonchev–Trinajstić information content (AvgIpc) is 3.33. The number of hydrogen-bond acceptors (Lipinski definition) is 7. The summed E-state index contributed by atoms with van der Waals surface area (Å²) in [6, 6.07) is 8.69. The van der Waals surface area contributed by atoms with Crippen LogP contribution in [0.4, 0.5) is 23.2 Å². The Labute approximate surface area is 210 Å². The number of anilines is 1. The maximum atomic E-state index is 15.8. The normalized spacial score (nSPS) is 18.0. The molecule has 12 heteroatoms. The fourth-order valence-corrected chi connectivity index (χ4v) is 4.68. The molecule has 0 aliphatic carbocycles. The first kappa shape index (κ1) is 25.3. The second-order valence-corrected chi connectivity index (χ2v) is 9.44. The summed E-state index contributed by atoms with van der Waals surface area (Å²) in [7, 11) is 0. The Hall–Kier alpha value is -3.38. The van der Waals surface area contributed by atoms with E-state index in [4.69, 9.17) is 4.42 Å². The van der Waals surface area contributed by atoms with Crippen LogP contribution in [0, 0.1) is 5.82 Å². The molecule has 3 aromatic rings. The maximum Gasteiger partial charge on any atom is 0.314 e. The van der Waals surface area contributed by atoms with Gasteiger partial charge < -0.3 is 14.2 Å². The predicted octanol–water partition coefficient (Wildman–Crippen LogP) is 3.86. The van der Waals surface area contributed by atoms with E-state index in [1.54, 1.807) is 0 Å². The van der Waals surface area contributed by atoms with Gasteiger partial charge in [0.25, 0.3) is 11.8 Å². The van der Waals surface area contributed by atoms with Crippen molar-refractivity contribution in [3.05, 3.63) is 60.0 Å². The van der Waals surface area contributed by atoms with E-state index in [1.807, 2.05) is 4.90 Å². The Balaban J connectivity index is 1.30. The molecule has 37 heavy (non-hydrogen) atoms. The quantitative estimate of drug-likeness (QED) is 0.398. The molecule has 196 valence electrons. The predicted molar refractivity (Wildman–Crippen MR) is 126 cm³/mol. The molecule has 2 fully saturated rings. The molecule has 8 nitrogen and oxygen atoms in total. The number of nitrogens with zero attached hydrogens (tertiary/aromatic N) is 6. The first-order valence-electron chi connectivity index (χ1n) is 12.1. The van der Waals surface area contributed by atoms with Crippen molar-refractivity contribution in [2.24, 2.45) is 0 Å². The number of carbonyl (C=O) groups is 1. The van der Waals surface area contributed by atoms with Gasteiger partial charge in [-0.15, -0.1) is 10.2 Å². The van der Waals surface area contributed by atoms with Crippen molar-refractivity contribution in [1.82, 2.24) is 25.0 Å². The summed E-state index contributed by atoms with van der Waals surface area (Å²) in [5, 5.41) is 6.87. The SMILES string of the molecule is CCCN1CC(N2CC(F)(C(=O)N(Cc3ccc(-c4nnc(C(F)F)o4)cn3)c3cccc(F)c3)C2)C1. The minimum Gasteiger partial charge on any atom is -0.415 e. The first-order valence-corrected chi connectivity index (χ1v) is 12.1. The second-order valence-electron chi connectivity index (χ2n) is 9.44. The lowest BCUT2D eigenvalue weighted by molar-refractivity contribution is -0.150. The molecule has 5 rings (SSSR count). The Bertz CT molecular complexity index is 1240. The zero-order chi connectivity index (χ0) is 26.2. The van der Waals surface area contributed by atoms with E-state index >= 15 is 4.39 Å². The first-order chi connectivity index (χ1) is 17.8. The van der Waals surface area contributed by atoms with Crippen LogP contribution in [0.5, 0.6) is 0 Å². The lowest BCUT2D eigenvalue weighted by Gasteiger charge is -2.54. The number of rotatable bonds is 9. The zero-order valence-corrected chi connectivity index (χ0v) is 20.2. The van der Waals surface area contributed by atoms with E-state index < -0.39 is 29.7 Å². The second kappa shape index (κ2) is 10.2. The van der Waals surface area contributed by atoms with Gasteiger partial charge in [-0.1, -0.05) is 13.0 Å². The van der Waals surface area contributed by atoms with Crippen LogP contribution in [0.15, 0.2) is 47.0 Å². The number of hydrogen-bond donors (Lipinski definition) is 0. The molecular weight excluding hydrogens is 492 g/mol. The number of pyridine rings is 1. The highest BCUT2D eigenvalue weighted by molar-refractivity contribution is 6.00. The summed E-state index contributed by atoms with van der Waals surface area (Å²) < 4.78 is 60.1. The van der Waals surface area contributed by atoms with Crippen molar-refractivity contribution in [1.29, 1.82) is 0 Å². The maximum absolute atomic E-state index is 15.8. The van der Waals surface area contributed by atoms with Crippen molar-refractivity contribution < 1.29 is 26.8 Å². The minimum atomic E-state index is -2.89. The number of halogens is 4. The number of benzene rings is 1. The van der Waals surface area contributed by atoms with Gasteiger partial charge in [-0.2, -0.15) is 8.78 Å². The molecule has 0 saturated carbocycles. The van der Waals surface area contributed by atoms with Gasteiger partial charge in [-0.05, 0) is 43.3 Å². The Morgan fingerprint density at radius 3 is 2.62 bits per heavy atom. The molecule has 0 radical (unpaired) electrons. The standard InChI is InChI=1S/C25H26F4N6O2/c1-2-8-33-12-20(13-33)34-14-25(29,15-34)24(36)35(19-5-3-4-17(26)9-19)11-18-7-6-16(10-30-18)22-31-32-23(37-22)21(27)28/h3-7,9-10,20-21H,2,8,11-15H2,1H3. The summed E-state index contributed by atoms with van der Waals surface area (Å²) in [5.74, 6) is -2.25. The van der Waals surface area contributed by atoms with Crippen LogP contribution in [0.25, 0.3) is 11.5 Å². The van der Waals surface area contributed by atoms with Crippen LogP contribution in [-0.2, 0) is 11.3 Å². The molecule has 1 aromatic carbocycles. The number of aromatic nitrogens is 3. The van der Waals surface area contributed by atoms with Gasteiger partial charge in [0, 0.05) is 44.1 Å². The highest BCUT2D eigenvalue weighted by Gasteiger charge is 2.55. The van der Waals surface area contributed by atoms with Gasteiger partial charge in [-0.3, -0.25) is 14.7 Å². The van der Waals surface area contributed by atoms with Gasteiger partial charge in [0.05, 0.1) is 17.8 Å². The van der Waals surface area contributed by atoms with Gasteiger partial charge in [0.2, 0.25) is 11.6 Å². The van der Waals surface area contributed by atoms with Crippen molar-refractivity contribution in [2.75, 3.05) is 37.6 Å². The van der Waals surface area contributed by atoms with Gasteiger partial charge in [0.15, 0.2) is 0 Å². The third-order valence-electron chi connectivity index (χ3n) is 6.67. The Kier molecular flexibility index (Phi) is 6.95. The number of amides is 1. The van der Waals surface area contributed by atoms with E-state index in [0.29, 0.717) is 11.3 Å². The summed E-state index contributed by atoms with van der Waals surface area (Å²) in [5.41, 5.74) is -1.19. The van der Waals surface area contributed by atoms with Crippen molar-refractivity contribution >= 4 is 11.6 Å². The van der Waals surface area contributed by atoms with Crippen molar-refractivity contribution in [2.45, 2.75) is 38.0 Å². The van der Waals surface area contributed by atoms with E-state index in [1.165, 1.54) is 47.5 Å². The van der Waals surface area contributed by atoms with Crippen LogP contribution in [0.1, 0.15) is 31.4 Å². The van der Waals surface area contributed by atoms with Crippen LogP contribution < -0.4 is 4.90 Å². The third kappa shape index (κ3) is 5.21. The lowest BCUT2D eigenvalue weighted by atomic mass is 9.90. The molecule has 2 aromatic heterocycles. The highest BCUT2D eigenvalue weighted by Crippen LogP contribution is 2.34. The van der Waals surface area contributed by atoms with E-state index in [0.717, 1.165) is 26.1 Å². The van der Waals surface area contributed by atoms with Crippen molar-refractivity contribution in [3.8, 4) is 11.5 Å². The fraction of sp³-hybridized carbons (Fsp3) is 0.440.